The zero-order valence-corrected chi connectivity index (χ0v) is 52.5. The van der Waals surface area contributed by atoms with E-state index in [0.717, 1.165) is 12.8 Å². The number of hydrogen-bond donors (Lipinski definition) is 0. The van der Waals surface area contributed by atoms with Crippen LogP contribution in [0.2, 0.25) is 0 Å². The molecule has 8 aromatic rings. The van der Waals surface area contributed by atoms with Crippen LogP contribution in [0.3, 0.4) is 0 Å². The second kappa shape index (κ2) is 17.2. The molecule has 15 rings (SSSR count). The summed E-state index contributed by atoms with van der Waals surface area (Å²) in [5.41, 5.74) is 31.0. The molecule has 0 bridgehead atoms. The molecule has 0 spiro atoms. The van der Waals surface area contributed by atoms with E-state index in [9.17, 15) is 0 Å². The largest absolute Gasteiger partial charge is 0.335 e. The molecule has 8 aromatic carbocycles. The molecule has 420 valence electrons. The van der Waals surface area contributed by atoms with Gasteiger partial charge in [-0.2, -0.15) is 0 Å². The minimum Gasteiger partial charge on any atom is -0.335 e. The predicted octanol–water partition coefficient (Wildman–Crippen LogP) is 19.3. The van der Waals surface area contributed by atoms with Crippen molar-refractivity contribution in [1.29, 1.82) is 0 Å². The van der Waals surface area contributed by atoms with E-state index in [-0.39, 0.29) is 50.3 Å². The lowest BCUT2D eigenvalue weighted by Crippen LogP contribution is -2.65. The molecule has 3 aliphatic carbocycles. The lowest BCUT2D eigenvalue weighted by molar-refractivity contribution is 0.194. The summed E-state index contributed by atoms with van der Waals surface area (Å²) < 4.78 is 0. The van der Waals surface area contributed by atoms with E-state index in [1.807, 2.05) is 0 Å². The quantitative estimate of drug-likeness (QED) is 0.163. The Hall–Kier alpha value is -6.78. The van der Waals surface area contributed by atoms with Crippen LogP contribution >= 0.6 is 0 Å². The van der Waals surface area contributed by atoms with Crippen molar-refractivity contribution in [2.45, 2.75) is 199 Å². The monoisotopic (exact) mass is 1090 g/mol. The number of hydrogen-bond acceptors (Lipinski definition) is 3. The molecule has 4 heterocycles. The van der Waals surface area contributed by atoms with Crippen molar-refractivity contribution in [1.82, 2.24) is 0 Å². The molecule has 0 amide bonds. The Labute approximate surface area is 497 Å². The summed E-state index contributed by atoms with van der Waals surface area (Å²) in [6.07, 6.45) is 9.58. The fraction of sp³-hybridized carbons (Fsp3) is 0.392. The van der Waals surface area contributed by atoms with Gasteiger partial charge in [0.1, 0.15) is 0 Å². The Kier molecular flexibility index (Phi) is 11.0. The first-order valence-electron chi connectivity index (χ1n) is 31.8. The third-order valence-electron chi connectivity index (χ3n) is 23.2. The van der Waals surface area contributed by atoms with Crippen molar-refractivity contribution in [3.63, 3.8) is 0 Å². The van der Waals surface area contributed by atoms with Gasteiger partial charge in [-0.3, -0.25) is 0 Å². The highest BCUT2D eigenvalue weighted by atomic mass is 15.3. The predicted molar refractivity (Wildman–Crippen MR) is 356 cm³/mol. The zero-order valence-electron chi connectivity index (χ0n) is 52.5. The maximum absolute atomic E-state index is 2.99. The minimum absolute atomic E-state index is 0.00735. The molecular formula is C79H86BN3. The Balaban J connectivity index is 1.12. The van der Waals surface area contributed by atoms with E-state index in [4.69, 9.17) is 0 Å². The zero-order chi connectivity index (χ0) is 57.9. The number of rotatable bonds is 4. The molecular weight excluding hydrogens is 1000 g/mol. The van der Waals surface area contributed by atoms with Gasteiger partial charge in [0.2, 0.25) is 0 Å². The van der Waals surface area contributed by atoms with Crippen molar-refractivity contribution in [3.8, 4) is 33.4 Å². The van der Waals surface area contributed by atoms with Crippen molar-refractivity contribution in [3.05, 3.63) is 191 Å². The number of fused-ring (bicyclic) bond motifs is 14. The maximum Gasteiger partial charge on any atom is 0.252 e. The summed E-state index contributed by atoms with van der Waals surface area (Å²) in [6.45, 7) is 37.2. The summed E-state index contributed by atoms with van der Waals surface area (Å²) in [4.78, 5) is 8.75. The highest BCUT2D eigenvalue weighted by Gasteiger charge is 2.63. The molecule has 4 aliphatic heterocycles. The Morgan fingerprint density at radius 2 is 0.940 bits per heavy atom. The van der Waals surface area contributed by atoms with Crippen LogP contribution in [-0.2, 0) is 32.5 Å². The maximum atomic E-state index is 2.99. The summed E-state index contributed by atoms with van der Waals surface area (Å²) in [5, 5.41) is 0. The molecule has 0 N–H and O–H groups in total. The second-order valence-electron chi connectivity index (χ2n) is 31.2. The van der Waals surface area contributed by atoms with Gasteiger partial charge in [0.25, 0.3) is 6.71 Å². The highest BCUT2D eigenvalue weighted by Crippen LogP contribution is 2.66. The average molecular weight is 1090 g/mol. The van der Waals surface area contributed by atoms with Gasteiger partial charge in [-0.05, 0) is 170 Å². The van der Waals surface area contributed by atoms with Crippen LogP contribution in [0.25, 0.3) is 33.4 Å². The van der Waals surface area contributed by atoms with Gasteiger partial charge in [0.15, 0.2) is 0 Å². The van der Waals surface area contributed by atoms with Gasteiger partial charge in [0.05, 0.1) is 16.8 Å². The minimum atomic E-state index is -0.221. The van der Waals surface area contributed by atoms with Gasteiger partial charge in [0, 0.05) is 61.5 Å². The molecule has 0 radical (unpaired) electrons. The van der Waals surface area contributed by atoms with Crippen molar-refractivity contribution in [2.75, 3.05) is 14.7 Å². The summed E-state index contributed by atoms with van der Waals surface area (Å²) in [6, 6.07) is 61.1. The molecule has 4 heteroatoms. The van der Waals surface area contributed by atoms with E-state index in [0.29, 0.717) is 0 Å². The summed E-state index contributed by atoms with van der Waals surface area (Å²) in [7, 11) is 0. The van der Waals surface area contributed by atoms with Crippen molar-refractivity contribution in [2.24, 2.45) is 0 Å². The van der Waals surface area contributed by atoms with Gasteiger partial charge < -0.3 is 14.7 Å². The van der Waals surface area contributed by atoms with E-state index in [2.05, 4.69) is 270 Å². The second-order valence-corrected chi connectivity index (χ2v) is 31.2. The van der Waals surface area contributed by atoms with E-state index in [1.54, 1.807) is 5.56 Å². The first-order chi connectivity index (χ1) is 39.3. The summed E-state index contributed by atoms with van der Waals surface area (Å²) in [5.74, 6) is 0. The first kappa shape index (κ1) is 53.0. The number of benzene rings is 8. The molecule has 2 saturated carbocycles. The van der Waals surface area contributed by atoms with Gasteiger partial charge in [-0.25, -0.2) is 0 Å². The topological polar surface area (TPSA) is 9.72 Å². The van der Waals surface area contributed by atoms with E-state index in [1.165, 1.54) is 161 Å². The fourth-order valence-corrected chi connectivity index (χ4v) is 17.9. The molecule has 2 fully saturated rings. The smallest absolute Gasteiger partial charge is 0.252 e. The highest BCUT2D eigenvalue weighted by molar-refractivity contribution is 7.00. The molecule has 0 aromatic heterocycles. The van der Waals surface area contributed by atoms with Gasteiger partial charge in [-0.15, -0.1) is 0 Å². The van der Waals surface area contributed by atoms with Gasteiger partial charge in [-0.1, -0.05) is 231 Å². The fourth-order valence-electron chi connectivity index (χ4n) is 17.9. The molecule has 83 heavy (non-hydrogen) atoms. The molecule has 3 nitrogen and oxygen atoms in total. The first-order valence-corrected chi connectivity index (χ1v) is 31.8. The third kappa shape index (κ3) is 7.05. The van der Waals surface area contributed by atoms with E-state index < -0.39 is 0 Å². The Bertz CT molecular complexity index is 4050. The SMILES string of the molecule is CC(C)(C)c1ccc(N2c3cc(N4c5ccc(-c6ccccc6)cc5C5(C)CCCCC45C)cc4c3B(c3ccc5c(c32)-c2cc(C(C)(C)C)ccc2C5(C)C)c2cc(C(C)(C)C)cc3c2N4C2(C)CCCCC32C)c(-c2ccccc2)c1. The number of nitrogens with zero attached hydrogens (tertiary/aromatic N) is 3. The van der Waals surface area contributed by atoms with Crippen LogP contribution in [0.15, 0.2) is 152 Å². The lowest BCUT2D eigenvalue weighted by Gasteiger charge is -2.54. The van der Waals surface area contributed by atoms with Crippen LogP contribution in [0.4, 0.5) is 39.8 Å². The Morgan fingerprint density at radius 1 is 0.386 bits per heavy atom. The molecule has 7 aliphatic rings. The Morgan fingerprint density at radius 3 is 1.59 bits per heavy atom. The standard InChI is InChI=1S/C79H86BN3/c1-72(2,3)52-31-33-58-57(44-52)68-59(75(58,10)11)34-35-62-71(68)81(64-37-32-53(73(4,5)6)43-56(64)50-28-20-17-21-29-50)66-47-55(82-65-36-30-51(49-26-18-16-19-27-49)42-60(65)76(12)38-22-24-40-78(76,82)14)48-67-69(66)80(62)63-46-54(74(7,8)9)45-61-70(63)83(67)79(15)41-25-23-39-77(61,79)13/h16-21,26-37,42-48H,22-25,38-41H2,1-15H3. The molecule has 4 atom stereocenters. The van der Waals surface area contributed by atoms with E-state index >= 15 is 0 Å². The van der Waals surface area contributed by atoms with Crippen LogP contribution in [0.5, 0.6) is 0 Å². The normalized spacial score (nSPS) is 24.1. The number of anilines is 7. The van der Waals surface area contributed by atoms with Crippen LogP contribution in [0, 0.1) is 0 Å². The van der Waals surface area contributed by atoms with Crippen LogP contribution in [-0.4, -0.2) is 17.8 Å². The molecule has 4 unspecified atom stereocenters. The van der Waals surface area contributed by atoms with Crippen molar-refractivity contribution < 1.29 is 0 Å². The lowest BCUT2D eigenvalue weighted by atomic mass is 9.33. The molecule has 0 saturated heterocycles. The third-order valence-corrected chi connectivity index (χ3v) is 23.2. The van der Waals surface area contributed by atoms with Crippen LogP contribution < -0.4 is 31.1 Å². The van der Waals surface area contributed by atoms with Gasteiger partial charge >= 0.3 is 0 Å². The summed E-state index contributed by atoms with van der Waals surface area (Å²) >= 11 is 0. The van der Waals surface area contributed by atoms with Crippen molar-refractivity contribution >= 4 is 62.9 Å². The van der Waals surface area contributed by atoms with Crippen LogP contribution in [0.1, 0.15) is 194 Å². The average Bonchev–Trinajstić information content (AvgIpc) is 1.61.